The van der Waals surface area contributed by atoms with Crippen molar-refractivity contribution < 1.29 is 19.1 Å². The molecule has 4 aromatic carbocycles. The summed E-state index contributed by atoms with van der Waals surface area (Å²) in [5.74, 6) is -0.851. The molecule has 1 fully saturated rings. The van der Waals surface area contributed by atoms with Crippen LogP contribution in [-0.2, 0) is 9.47 Å². The van der Waals surface area contributed by atoms with Gasteiger partial charge >= 0.3 is 0 Å². The first-order valence-corrected chi connectivity index (χ1v) is 11.2. The molecule has 4 aromatic rings. The first-order valence-electron chi connectivity index (χ1n) is 11.2. The van der Waals surface area contributed by atoms with Gasteiger partial charge in [-0.15, -0.1) is 0 Å². The summed E-state index contributed by atoms with van der Waals surface area (Å²) in [6, 6.07) is 34.6. The lowest BCUT2D eigenvalue weighted by Gasteiger charge is -2.30. The highest BCUT2D eigenvalue weighted by Gasteiger charge is 2.61. The molecule has 168 valence electrons. The topological polar surface area (TPSA) is 52.6 Å². The van der Waals surface area contributed by atoms with Gasteiger partial charge in [-0.3, -0.25) is 9.59 Å². The second-order valence-electron chi connectivity index (χ2n) is 8.41. The molecule has 4 nitrogen and oxygen atoms in total. The van der Waals surface area contributed by atoms with E-state index in [4.69, 9.17) is 9.47 Å². The van der Waals surface area contributed by atoms with Gasteiger partial charge in [-0.25, -0.2) is 0 Å². The zero-order chi connectivity index (χ0) is 23.5. The van der Waals surface area contributed by atoms with Crippen LogP contribution in [0.1, 0.15) is 49.8 Å². The number of benzene rings is 4. The standard InChI is InChI=1S/C30H24O4/c1-21-17-19-25(20-18-21)29-33-28(24-15-9-4-10-16-24)30(34-29,26(31)22-11-5-2-6-12-22)27(32)23-13-7-3-8-14-23/h2-20,28-29H,1H3. The lowest BCUT2D eigenvalue weighted by Crippen LogP contribution is -2.50. The van der Waals surface area contributed by atoms with Crippen molar-refractivity contribution in [2.75, 3.05) is 0 Å². The second-order valence-corrected chi connectivity index (χ2v) is 8.41. The summed E-state index contributed by atoms with van der Waals surface area (Å²) in [7, 11) is 0. The Bertz CT molecular complexity index is 1230. The number of hydrogen-bond donors (Lipinski definition) is 0. The Hall–Kier alpha value is -3.86. The van der Waals surface area contributed by atoms with Gasteiger partial charge in [0.25, 0.3) is 0 Å². The molecule has 0 aromatic heterocycles. The van der Waals surface area contributed by atoms with E-state index in [1.807, 2.05) is 73.7 Å². The van der Waals surface area contributed by atoms with Crippen LogP contribution in [0.5, 0.6) is 0 Å². The molecule has 1 aliphatic rings. The Morgan fingerprint density at radius 2 is 1.09 bits per heavy atom. The average Bonchev–Trinajstić information content (AvgIpc) is 3.31. The van der Waals surface area contributed by atoms with Crippen molar-refractivity contribution in [2.24, 2.45) is 0 Å². The highest BCUT2D eigenvalue weighted by Crippen LogP contribution is 2.50. The molecule has 1 saturated heterocycles. The van der Waals surface area contributed by atoms with Gasteiger partial charge in [0.05, 0.1) is 0 Å². The van der Waals surface area contributed by atoms with Gasteiger partial charge < -0.3 is 9.47 Å². The smallest absolute Gasteiger partial charge is 0.226 e. The Morgan fingerprint density at radius 3 is 1.59 bits per heavy atom. The van der Waals surface area contributed by atoms with E-state index in [2.05, 4.69) is 0 Å². The fraction of sp³-hybridized carbons (Fsp3) is 0.133. The van der Waals surface area contributed by atoms with Gasteiger partial charge in [-0.1, -0.05) is 121 Å². The number of Topliss-reactive ketones (excluding diaryl/α,β-unsaturated/α-hetero) is 2. The number of carbonyl (C=O) groups excluding carboxylic acids is 2. The van der Waals surface area contributed by atoms with Crippen LogP contribution in [0, 0.1) is 6.92 Å². The first-order chi connectivity index (χ1) is 16.6. The predicted octanol–water partition coefficient (Wildman–Crippen LogP) is 6.29. The molecule has 1 heterocycles. The van der Waals surface area contributed by atoms with E-state index in [1.54, 1.807) is 48.5 Å². The minimum absolute atomic E-state index is 0.390. The molecule has 0 spiro atoms. The van der Waals surface area contributed by atoms with Gasteiger partial charge in [-0.05, 0) is 12.5 Å². The van der Waals surface area contributed by atoms with E-state index in [9.17, 15) is 9.59 Å². The third kappa shape index (κ3) is 3.87. The molecule has 0 bridgehead atoms. The number of carbonyl (C=O) groups is 2. The SMILES string of the molecule is Cc1ccc(C2OC(c3ccccc3)C(C(=O)c3ccccc3)(C(=O)c3ccccc3)O2)cc1. The average molecular weight is 449 g/mol. The molecular weight excluding hydrogens is 424 g/mol. The van der Waals surface area contributed by atoms with Crippen LogP contribution in [-0.4, -0.2) is 17.2 Å². The van der Waals surface area contributed by atoms with Crippen molar-refractivity contribution in [1.29, 1.82) is 0 Å². The van der Waals surface area contributed by atoms with E-state index in [1.165, 1.54) is 0 Å². The van der Waals surface area contributed by atoms with E-state index in [-0.39, 0.29) is 0 Å². The highest BCUT2D eigenvalue weighted by molar-refractivity contribution is 6.23. The van der Waals surface area contributed by atoms with Gasteiger partial charge in [0.2, 0.25) is 17.2 Å². The van der Waals surface area contributed by atoms with Crippen LogP contribution in [0.25, 0.3) is 0 Å². The Balaban J connectivity index is 1.71. The summed E-state index contributed by atoms with van der Waals surface area (Å²) in [5.41, 5.74) is 1.43. The lowest BCUT2D eigenvalue weighted by atomic mass is 9.78. The van der Waals surface area contributed by atoms with Crippen LogP contribution in [0.4, 0.5) is 0 Å². The second kappa shape index (κ2) is 9.18. The molecule has 4 heteroatoms. The maximum Gasteiger partial charge on any atom is 0.226 e. The first kappa shape index (κ1) is 22.0. The molecule has 0 N–H and O–H groups in total. The number of rotatable bonds is 6. The molecule has 0 radical (unpaired) electrons. The quantitative estimate of drug-likeness (QED) is 0.257. The zero-order valence-electron chi connectivity index (χ0n) is 18.8. The van der Waals surface area contributed by atoms with Crippen molar-refractivity contribution in [3.63, 3.8) is 0 Å². The zero-order valence-corrected chi connectivity index (χ0v) is 18.8. The summed E-state index contributed by atoms with van der Waals surface area (Å²) in [5, 5.41) is 0. The van der Waals surface area contributed by atoms with Gasteiger partial charge in [-0.2, -0.15) is 0 Å². The van der Waals surface area contributed by atoms with Gasteiger partial charge in [0.1, 0.15) is 6.10 Å². The Labute approximate surface area is 198 Å². The van der Waals surface area contributed by atoms with E-state index >= 15 is 0 Å². The van der Waals surface area contributed by atoms with Crippen LogP contribution < -0.4 is 0 Å². The molecule has 0 aliphatic carbocycles. The number of ether oxygens (including phenoxy) is 2. The van der Waals surface area contributed by atoms with Crippen molar-refractivity contribution in [3.05, 3.63) is 143 Å². The molecular formula is C30H24O4. The summed E-state index contributed by atoms with van der Waals surface area (Å²) >= 11 is 0. The van der Waals surface area contributed by atoms with Gasteiger partial charge in [0.15, 0.2) is 6.29 Å². The summed E-state index contributed by atoms with van der Waals surface area (Å²) < 4.78 is 12.9. The van der Waals surface area contributed by atoms with Crippen molar-refractivity contribution >= 4 is 11.6 Å². The summed E-state index contributed by atoms with van der Waals surface area (Å²) in [4.78, 5) is 28.3. The largest absolute Gasteiger partial charge is 0.336 e. The van der Waals surface area contributed by atoms with Crippen molar-refractivity contribution in [1.82, 2.24) is 0 Å². The molecule has 0 saturated carbocycles. The minimum Gasteiger partial charge on any atom is -0.336 e. The maximum absolute atomic E-state index is 14.2. The monoisotopic (exact) mass is 448 g/mol. The van der Waals surface area contributed by atoms with Crippen LogP contribution in [0.3, 0.4) is 0 Å². The summed E-state index contributed by atoms with van der Waals surface area (Å²) in [6.45, 7) is 2.00. The number of ketones is 2. The van der Waals surface area contributed by atoms with Crippen LogP contribution >= 0.6 is 0 Å². The number of hydrogen-bond acceptors (Lipinski definition) is 4. The lowest BCUT2D eigenvalue weighted by molar-refractivity contribution is -0.0768. The third-order valence-electron chi connectivity index (χ3n) is 6.12. The third-order valence-corrected chi connectivity index (χ3v) is 6.12. The molecule has 0 amide bonds. The molecule has 2 unspecified atom stereocenters. The van der Waals surface area contributed by atoms with Crippen LogP contribution in [0.2, 0.25) is 0 Å². The Morgan fingerprint density at radius 1 is 0.618 bits per heavy atom. The van der Waals surface area contributed by atoms with E-state index in [0.29, 0.717) is 16.7 Å². The minimum atomic E-state index is -1.89. The maximum atomic E-state index is 14.2. The van der Waals surface area contributed by atoms with Crippen molar-refractivity contribution in [2.45, 2.75) is 24.9 Å². The van der Waals surface area contributed by atoms with Gasteiger partial charge in [0, 0.05) is 16.7 Å². The molecule has 1 aliphatic heterocycles. The fourth-order valence-electron chi connectivity index (χ4n) is 4.35. The Kier molecular flexibility index (Phi) is 5.93. The highest BCUT2D eigenvalue weighted by atomic mass is 16.7. The summed E-state index contributed by atoms with van der Waals surface area (Å²) in [6.07, 6.45) is -1.81. The van der Waals surface area contributed by atoms with Crippen molar-refractivity contribution in [3.8, 4) is 0 Å². The molecule has 34 heavy (non-hydrogen) atoms. The van der Waals surface area contributed by atoms with E-state index in [0.717, 1.165) is 11.1 Å². The predicted molar refractivity (Wildman–Crippen MR) is 130 cm³/mol. The normalized spacial score (nSPS) is 19.0. The van der Waals surface area contributed by atoms with Crippen LogP contribution in [0.15, 0.2) is 115 Å². The van der Waals surface area contributed by atoms with E-state index < -0.39 is 29.6 Å². The fourth-order valence-corrected chi connectivity index (χ4v) is 4.35. The molecule has 2 atom stereocenters. The molecule has 5 rings (SSSR count). The number of aryl methyl sites for hydroxylation is 1.